The second kappa shape index (κ2) is 6.89. The Bertz CT molecular complexity index is 720. The second-order valence-corrected chi connectivity index (χ2v) is 6.12. The smallest absolute Gasteiger partial charge is 0.265 e. The molecule has 1 aromatic heterocycles. The SMILES string of the molecule is C[C@H](Oc1ccc(F)cc1Br)C(=O)Nc1sccc1C(N)=O. The lowest BCUT2D eigenvalue weighted by Crippen LogP contribution is -2.30. The third-order valence-electron chi connectivity index (χ3n) is 2.73. The van der Waals surface area contributed by atoms with Crippen molar-refractivity contribution in [3.8, 4) is 5.75 Å². The van der Waals surface area contributed by atoms with Crippen molar-refractivity contribution in [2.24, 2.45) is 5.73 Å². The van der Waals surface area contributed by atoms with E-state index in [2.05, 4.69) is 21.2 Å². The maximum atomic E-state index is 13.0. The highest BCUT2D eigenvalue weighted by atomic mass is 79.9. The van der Waals surface area contributed by atoms with Crippen molar-refractivity contribution < 1.29 is 18.7 Å². The highest BCUT2D eigenvalue weighted by molar-refractivity contribution is 9.10. The normalized spacial score (nSPS) is 11.8. The molecule has 0 saturated carbocycles. The zero-order valence-corrected chi connectivity index (χ0v) is 13.8. The summed E-state index contributed by atoms with van der Waals surface area (Å²) in [6, 6.07) is 5.42. The molecule has 0 spiro atoms. The molecule has 2 rings (SSSR count). The fourth-order valence-corrected chi connectivity index (χ4v) is 2.87. The van der Waals surface area contributed by atoms with Gasteiger partial charge >= 0.3 is 0 Å². The number of ether oxygens (including phenoxy) is 1. The van der Waals surface area contributed by atoms with Gasteiger partial charge in [0.25, 0.3) is 11.8 Å². The number of thiophene rings is 1. The first kappa shape index (κ1) is 16.4. The third-order valence-corrected chi connectivity index (χ3v) is 4.18. The third kappa shape index (κ3) is 3.83. The summed E-state index contributed by atoms with van der Waals surface area (Å²) in [5.74, 6) is -1.14. The zero-order chi connectivity index (χ0) is 16.3. The quantitative estimate of drug-likeness (QED) is 0.827. The largest absolute Gasteiger partial charge is 0.480 e. The number of amides is 2. The molecule has 0 aliphatic rings. The van der Waals surface area contributed by atoms with Crippen molar-refractivity contribution in [1.82, 2.24) is 0 Å². The molecule has 3 N–H and O–H groups in total. The van der Waals surface area contributed by atoms with Crippen LogP contribution in [0.4, 0.5) is 9.39 Å². The molecule has 0 aliphatic carbocycles. The fraction of sp³-hybridized carbons (Fsp3) is 0.143. The number of anilines is 1. The van der Waals surface area contributed by atoms with Crippen LogP contribution in [0.3, 0.4) is 0 Å². The first-order chi connectivity index (χ1) is 10.4. The Hall–Kier alpha value is -1.93. The number of rotatable bonds is 5. The van der Waals surface area contributed by atoms with Crippen LogP contribution in [0.15, 0.2) is 34.1 Å². The molecular weight excluding hydrogens is 375 g/mol. The lowest BCUT2D eigenvalue weighted by atomic mass is 10.3. The van der Waals surface area contributed by atoms with Crippen molar-refractivity contribution in [2.75, 3.05) is 5.32 Å². The monoisotopic (exact) mass is 386 g/mol. The van der Waals surface area contributed by atoms with Crippen LogP contribution in [-0.2, 0) is 4.79 Å². The molecule has 22 heavy (non-hydrogen) atoms. The van der Waals surface area contributed by atoms with Gasteiger partial charge in [-0.25, -0.2) is 4.39 Å². The molecule has 0 bridgehead atoms. The minimum absolute atomic E-state index is 0.244. The molecule has 1 atom stereocenters. The summed E-state index contributed by atoms with van der Waals surface area (Å²) in [4.78, 5) is 23.3. The minimum Gasteiger partial charge on any atom is -0.480 e. The molecule has 1 heterocycles. The number of nitrogens with one attached hydrogen (secondary N) is 1. The molecular formula is C14H12BrFN2O3S. The molecule has 1 aromatic carbocycles. The number of benzene rings is 1. The van der Waals surface area contributed by atoms with Crippen molar-refractivity contribution in [3.63, 3.8) is 0 Å². The first-order valence-electron chi connectivity index (χ1n) is 6.18. The highest BCUT2D eigenvalue weighted by Crippen LogP contribution is 2.27. The van der Waals surface area contributed by atoms with Crippen LogP contribution in [-0.4, -0.2) is 17.9 Å². The molecule has 0 fully saturated rings. The van der Waals surface area contributed by atoms with Crippen LogP contribution in [0.5, 0.6) is 5.75 Å². The Kier molecular flexibility index (Phi) is 5.15. The number of hydrogen-bond acceptors (Lipinski definition) is 4. The number of primary amides is 1. The summed E-state index contributed by atoms with van der Waals surface area (Å²) in [6.07, 6.45) is -0.843. The predicted octanol–water partition coefficient (Wildman–Crippen LogP) is 3.15. The average Bonchev–Trinajstić information content (AvgIpc) is 2.90. The molecule has 0 saturated heterocycles. The molecule has 5 nitrogen and oxygen atoms in total. The number of carbonyl (C=O) groups excluding carboxylic acids is 2. The highest BCUT2D eigenvalue weighted by Gasteiger charge is 2.19. The van der Waals surface area contributed by atoms with Crippen LogP contribution in [0.25, 0.3) is 0 Å². The van der Waals surface area contributed by atoms with Gasteiger partial charge in [-0.3, -0.25) is 9.59 Å². The minimum atomic E-state index is -0.843. The van der Waals surface area contributed by atoms with E-state index in [0.29, 0.717) is 15.2 Å². The average molecular weight is 387 g/mol. The van der Waals surface area contributed by atoms with Gasteiger partial charge in [0.1, 0.15) is 16.6 Å². The van der Waals surface area contributed by atoms with Crippen LogP contribution < -0.4 is 15.8 Å². The molecule has 8 heteroatoms. The maximum absolute atomic E-state index is 13.0. The zero-order valence-electron chi connectivity index (χ0n) is 11.4. The van der Waals surface area contributed by atoms with Crippen molar-refractivity contribution in [1.29, 1.82) is 0 Å². The van der Waals surface area contributed by atoms with Gasteiger partial charge in [0.15, 0.2) is 6.10 Å². The number of carbonyl (C=O) groups is 2. The van der Waals surface area contributed by atoms with E-state index < -0.39 is 23.7 Å². The Labute approximate surface area is 138 Å². The van der Waals surface area contributed by atoms with Gasteiger partial charge in [-0.05, 0) is 52.5 Å². The topological polar surface area (TPSA) is 81.4 Å². The Morgan fingerprint density at radius 3 is 2.77 bits per heavy atom. The standard InChI is InChI=1S/C14H12BrFN2O3S/c1-7(21-11-3-2-8(16)6-10(11)15)13(20)18-14-9(12(17)19)4-5-22-14/h2-7H,1H3,(H2,17,19)(H,18,20)/t7-/m0/s1. The van der Waals surface area contributed by atoms with E-state index in [0.717, 1.165) is 0 Å². The summed E-state index contributed by atoms with van der Waals surface area (Å²) in [5.41, 5.74) is 5.46. The van der Waals surface area contributed by atoms with Gasteiger partial charge in [-0.1, -0.05) is 0 Å². The van der Waals surface area contributed by atoms with E-state index in [1.54, 1.807) is 12.3 Å². The van der Waals surface area contributed by atoms with Crippen LogP contribution in [0, 0.1) is 5.82 Å². The fourth-order valence-electron chi connectivity index (χ4n) is 1.63. The second-order valence-electron chi connectivity index (χ2n) is 4.35. The van der Waals surface area contributed by atoms with Gasteiger partial charge in [0.05, 0.1) is 10.0 Å². The van der Waals surface area contributed by atoms with E-state index in [4.69, 9.17) is 10.5 Å². The summed E-state index contributed by atoms with van der Waals surface area (Å²) < 4.78 is 18.9. The lowest BCUT2D eigenvalue weighted by Gasteiger charge is -2.15. The van der Waals surface area contributed by atoms with Crippen molar-refractivity contribution in [3.05, 3.63) is 45.5 Å². The lowest BCUT2D eigenvalue weighted by molar-refractivity contribution is -0.122. The molecule has 0 unspecified atom stereocenters. The van der Waals surface area contributed by atoms with E-state index in [1.165, 1.54) is 35.6 Å². The van der Waals surface area contributed by atoms with E-state index in [9.17, 15) is 14.0 Å². The number of hydrogen-bond donors (Lipinski definition) is 2. The van der Waals surface area contributed by atoms with Gasteiger partial charge < -0.3 is 15.8 Å². The molecule has 116 valence electrons. The van der Waals surface area contributed by atoms with E-state index >= 15 is 0 Å². The Morgan fingerprint density at radius 1 is 1.41 bits per heavy atom. The van der Waals surface area contributed by atoms with Crippen molar-refractivity contribution in [2.45, 2.75) is 13.0 Å². The molecule has 0 aliphatic heterocycles. The predicted molar refractivity (Wildman–Crippen MR) is 85.7 cm³/mol. The summed E-state index contributed by atoms with van der Waals surface area (Å²) in [6.45, 7) is 1.54. The van der Waals surface area contributed by atoms with Gasteiger partial charge in [0, 0.05) is 0 Å². The summed E-state index contributed by atoms with van der Waals surface area (Å²) in [5, 5.41) is 4.60. The van der Waals surface area contributed by atoms with Gasteiger partial charge in [-0.2, -0.15) is 0 Å². The van der Waals surface area contributed by atoms with E-state index in [-0.39, 0.29) is 5.56 Å². The van der Waals surface area contributed by atoms with Gasteiger partial charge in [-0.15, -0.1) is 11.3 Å². The van der Waals surface area contributed by atoms with Crippen molar-refractivity contribution >= 4 is 44.1 Å². The number of halogens is 2. The van der Waals surface area contributed by atoms with Crippen LogP contribution >= 0.6 is 27.3 Å². The van der Waals surface area contributed by atoms with E-state index in [1.807, 2.05) is 0 Å². The Morgan fingerprint density at radius 2 is 2.14 bits per heavy atom. The Balaban J connectivity index is 2.06. The summed E-state index contributed by atoms with van der Waals surface area (Å²) in [7, 11) is 0. The summed E-state index contributed by atoms with van der Waals surface area (Å²) >= 11 is 4.35. The van der Waals surface area contributed by atoms with Crippen LogP contribution in [0.1, 0.15) is 17.3 Å². The number of nitrogens with two attached hydrogens (primary N) is 1. The molecule has 2 amide bonds. The van der Waals surface area contributed by atoms with Gasteiger partial charge in [0.2, 0.25) is 0 Å². The maximum Gasteiger partial charge on any atom is 0.265 e. The molecule has 0 radical (unpaired) electrons. The van der Waals surface area contributed by atoms with Crippen LogP contribution in [0.2, 0.25) is 0 Å². The first-order valence-corrected chi connectivity index (χ1v) is 7.85. The molecule has 2 aromatic rings.